The molecule has 2 heterocycles. The van der Waals surface area contributed by atoms with Crippen LogP contribution in [0.1, 0.15) is 312 Å². The van der Waals surface area contributed by atoms with Crippen molar-refractivity contribution >= 4 is 36.1 Å². The van der Waals surface area contributed by atoms with Crippen molar-refractivity contribution in [2.75, 3.05) is 13.2 Å². The van der Waals surface area contributed by atoms with Crippen LogP contribution >= 0.6 is 0 Å². The van der Waals surface area contributed by atoms with Crippen LogP contribution in [0, 0.1) is 138 Å². The molecule has 0 saturated heterocycles. The molecule has 22 unspecified atom stereocenters. The lowest BCUT2D eigenvalue weighted by molar-refractivity contribution is -0.237. The first-order valence-corrected chi connectivity index (χ1v) is 46.4. The van der Waals surface area contributed by atoms with Gasteiger partial charge in [-0.05, 0) is 354 Å². The summed E-state index contributed by atoms with van der Waals surface area (Å²) in [5.74, 6) is 6.35. The first-order valence-electron chi connectivity index (χ1n) is 46.4. The highest BCUT2D eigenvalue weighted by Gasteiger charge is 2.74. The fourth-order valence-electron chi connectivity index (χ4n) is 34.0. The molecule has 0 bridgehead atoms. The summed E-state index contributed by atoms with van der Waals surface area (Å²) in [4.78, 5) is 52.6. The second kappa shape index (κ2) is 30.5. The lowest BCUT2D eigenvalue weighted by atomic mass is 9.41. The Morgan fingerprint density at radius 1 is 0.465 bits per heavy atom. The molecule has 0 radical (unpaired) electrons. The standard InChI is InChI=1S/C29H43NO5.C25H37N3O5.C21H34O2.C20H32O3/c1-26-11-8-23-24(29(26,34)14-10-22(26)19-15-25(32)35-17-19)9-13-28(33)16-21(31)7-12-27(23,28)18-30-20-5-3-2-4-6-20;1-15(26)28-27-14-23-8-3-17(29)12-24(23,31)9-5-20-19(23)4-7-22(2)18(6-10-25(20,22)32)16-11-21(30)33-13-16;1-13(22)17-6-7-18-16-5-4-14-12-15(23)8-10-20(14,2)19(16)9-11-21(17,18)3;1-19-9-7-13(21)11-12(19)3-4-14-15-5-6-17(18(22)23)20(15,2)10-8-16(14)19/h15,18,20-24,31,33-34H,2-14,16-17H2,1H3;11,14,17-20,28-29,31-32H,1,3-10,12-13,26H2,2H3;14-19,23H,4-12H2,1-3H3;12-17,21H,3-11H2,1-2H3,(H,22,23)/b;27-14+;;/t21-,22?,23+,24-,26?,27?,28?,29?;17-,18?,19+,20-,22?,23?,24?,25?;14-,15?,16?,17?,18?,19?,20?,21?;12?,13-,14?,15?,16?,17?,19+,20+/m1101/s1. The smallest absolute Gasteiger partial charge is 0.331 e. The van der Waals surface area contributed by atoms with E-state index in [2.05, 4.69) is 64.9 Å². The molecule has 17 aliphatic carbocycles. The minimum absolute atomic E-state index is 0.00270. The minimum Gasteiger partial charge on any atom is -0.481 e. The zero-order valence-electron chi connectivity index (χ0n) is 70.5. The van der Waals surface area contributed by atoms with E-state index >= 15 is 0 Å². The number of ketones is 1. The summed E-state index contributed by atoms with van der Waals surface area (Å²) in [6.07, 6.45) is 45.5. The molecule has 114 heavy (non-hydrogen) atoms. The molecular formula is C95H146N4O15. The third kappa shape index (κ3) is 13.3. The number of esters is 2. The van der Waals surface area contributed by atoms with Crippen LogP contribution in [0.25, 0.3) is 0 Å². The Hall–Kier alpha value is -4.08. The number of rotatable bonds is 9. The topological polar surface area (TPSA) is 332 Å². The van der Waals surface area contributed by atoms with Gasteiger partial charge in [-0.25, -0.2) is 9.59 Å². The summed E-state index contributed by atoms with van der Waals surface area (Å²) in [7, 11) is 0. The lowest BCUT2D eigenvalue weighted by Gasteiger charge is -2.65. The van der Waals surface area contributed by atoms with Crippen LogP contribution in [0.2, 0.25) is 0 Å². The van der Waals surface area contributed by atoms with Gasteiger partial charge < -0.3 is 61.2 Å². The molecule has 19 aliphatic rings. The molecule has 0 amide bonds. The number of cyclic esters (lactones) is 2. The van der Waals surface area contributed by atoms with Crippen LogP contribution in [-0.2, 0) is 28.7 Å². The SMILES string of the molecule is C=C(N)N/N=C/C12CC[C@@H](O)CC1(O)CC[C@@H]1[C@@H]2CCC2(C)C(C3=CC(=O)OC3)CCC12O.CC(=O)C1CCC2C3CC[C@H]4CC(O)CCC4(C)C3CCC12C.CC12CC[C@H]3[C@@H](CCC4(O)C[C@H](O)CCC34C=NC3CCCCC3)C1(O)CCC2C1=CC(=O)OC1.C[C@]12CC[C@@H](O)CC1CCC1C2CC[C@]2(C)C(C(=O)O)CCC12. The molecule has 17 saturated carbocycles. The van der Waals surface area contributed by atoms with Crippen LogP contribution in [0.3, 0.4) is 0 Å². The average molecular weight is 1580 g/mol. The number of nitrogens with one attached hydrogen (secondary N) is 1. The van der Waals surface area contributed by atoms with Crippen molar-refractivity contribution in [3.8, 4) is 0 Å². The van der Waals surface area contributed by atoms with Gasteiger partial charge in [0.1, 0.15) is 24.8 Å². The molecule has 636 valence electrons. The molecular weight excluding hydrogens is 1440 g/mol. The van der Waals surface area contributed by atoms with E-state index in [9.17, 15) is 65.1 Å². The van der Waals surface area contributed by atoms with Crippen molar-refractivity contribution < 1.29 is 74.6 Å². The predicted octanol–water partition coefficient (Wildman–Crippen LogP) is 14.5. The van der Waals surface area contributed by atoms with Crippen LogP contribution in [0.15, 0.2) is 45.8 Å². The van der Waals surface area contributed by atoms with Gasteiger partial charge in [-0.3, -0.25) is 20.0 Å². The van der Waals surface area contributed by atoms with E-state index in [1.807, 2.05) is 6.92 Å². The number of hydrogen-bond acceptors (Lipinski definition) is 18. The maximum absolute atomic E-state index is 12.5. The fourth-order valence-corrected chi connectivity index (χ4v) is 34.0. The first-order chi connectivity index (χ1) is 54.0. The number of aliphatic carboxylic acids is 1. The highest BCUT2D eigenvalue weighted by atomic mass is 16.5. The third-order valence-corrected chi connectivity index (χ3v) is 39.9. The molecule has 2 aliphatic heterocycles. The number of nitrogens with two attached hydrogens (primary N) is 1. The number of fused-ring (bicyclic) bond motifs is 20. The van der Waals surface area contributed by atoms with Gasteiger partial charge in [0, 0.05) is 71.0 Å². The van der Waals surface area contributed by atoms with Gasteiger partial charge in [-0.2, -0.15) is 5.10 Å². The van der Waals surface area contributed by atoms with Crippen molar-refractivity contribution in [2.45, 2.75) is 365 Å². The zero-order valence-corrected chi connectivity index (χ0v) is 70.5. The Labute approximate surface area is 680 Å². The highest BCUT2D eigenvalue weighted by Crippen LogP contribution is 2.75. The van der Waals surface area contributed by atoms with E-state index in [1.165, 1.54) is 83.5 Å². The first kappa shape index (κ1) is 83.6. The molecule has 0 aromatic heterocycles. The normalized spacial score (nSPS) is 52.1. The molecule has 0 aromatic rings. The van der Waals surface area contributed by atoms with Crippen LogP contribution < -0.4 is 11.2 Å². The number of aliphatic hydroxyl groups is 8. The van der Waals surface area contributed by atoms with Gasteiger partial charge >= 0.3 is 17.9 Å². The number of ether oxygens (including phenoxy) is 2. The summed E-state index contributed by atoms with van der Waals surface area (Å²) in [6, 6.07) is 0.342. The van der Waals surface area contributed by atoms with Gasteiger partial charge in [0.25, 0.3) is 0 Å². The summed E-state index contributed by atoms with van der Waals surface area (Å²) in [5.41, 5.74) is 6.07. The van der Waals surface area contributed by atoms with Crippen molar-refractivity contribution in [3.05, 3.63) is 35.7 Å². The van der Waals surface area contributed by atoms with Crippen molar-refractivity contribution in [3.63, 3.8) is 0 Å². The Morgan fingerprint density at radius 3 is 1.32 bits per heavy atom. The van der Waals surface area contributed by atoms with Crippen molar-refractivity contribution in [1.29, 1.82) is 0 Å². The van der Waals surface area contributed by atoms with E-state index in [4.69, 9.17) is 20.2 Å². The predicted molar refractivity (Wildman–Crippen MR) is 436 cm³/mol. The number of nitrogens with zero attached hydrogens (tertiary/aromatic N) is 2. The summed E-state index contributed by atoms with van der Waals surface area (Å²) in [6.45, 7) is 20.3. The van der Waals surface area contributed by atoms with Crippen LogP contribution in [-0.4, -0.2) is 148 Å². The van der Waals surface area contributed by atoms with Gasteiger partial charge in [-0.1, -0.05) is 67.4 Å². The van der Waals surface area contributed by atoms with Crippen molar-refractivity contribution in [1.82, 2.24) is 5.43 Å². The Bertz CT molecular complexity index is 3690. The monoisotopic (exact) mass is 1580 g/mol. The lowest BCUT2D eigenvalue weighted by Crippen LogP contribution is -2.68. The maximum atomic E-state index is 12.5. The number of aliphatic imine (C=N–C) groups is 1. The molecule has 17 fully saturated rings. The van der Waals surface area contributed by atoms with Gasteiger partial charge in [-0.15, -0.1) is 0 Å². The molecule has 12 N–H and O–H groups in total. The highest BCUT2D eigenvalue weighted by molar-refractivity contribution is 5.86. The summed E-state index contributed by atoms with van der Waals surface area (Å²) >= 11 is 0. The third-order valence-electron chi connectivity index (χ3n) is 39.9. The number of carboxylic acid groups (broad SMARTS) is 1. The number of carboxylic acids is 1. The summed E-state index contributed by atoms with van der Waals surface area (Å²) < 4.78 is 10.5. The van der Waals surface area contributed by atoms with Crippen molar-refractivity contribution in [2.24, 2.45) is 154 Å². The number of hydrazone groups is 1. The van der Waals surface area contributed by atoms with E-state index in [1.54, 1.807) is 18.4 Å². The molecule has 0 aromatic carbocycles. The zero-order chi connectivity index (χ0) is 80.9. The Kier molecular flexibility index (Phi) is 22.4. The second-order valence-corrected chi connectivity index (χ2v) is 44.0. The largest absolute Gasteiger partial charge is 0.481 e. The van der Waals surface area contributed by atoms with E-state index in [-0.39, 0.29) is 93.1 Å². The number of Topliss-reactive ketones (excluding diaryl/α,β-unsaturated/α-hetero) is 1. The fraction of sp³-hybridized carbons (Fsp3) is 0.874. The average Bonchev–Trinajstić information content (AvgIpc) is 1.27. The minimum atomic E-state index is -1.08. The van der Waals surface area contributed by atoms with Gasteiger partial charge in [0.2, 0.25) is 0 Å². The van der Waals surface area contributed by atoms with E-state index in [0.717, 1.165) is 169 Å². The summed E-state index contributed by atoms with van der Waals surface area (Å²) in [5, 5.41) is 104. The van der Waals surface area contributed by atoms with Gasteiger partial charge in [0.05, 0.1) is 52.7 Å². The molecule has 19 nitrogen and oxygen atoms in total. The van der Waals surface area contributed by atoms with E-state index < -0.39 is 51.4 Å². The van der Waals surface area contributed by atoms with Crippen LogP contribution in [0.5, 0.6) is 0 Å². The van der Waals surface area contributed by atoms with E-state index in [0.29, 0.717) is 111 Å². The van der Waals surface area contributed by atoms with Crippen LogP contribution in [0.4, 0.5) is 0 Å². The number of hydrogen-bond donors (Lipinski definition) is 11. The Morgan fingerprint density at radius 2 is 0.877 bits per heavy atom. The number of carbonyl (C=O) groups is 4. The van der Waals surface area contributed by atoms with Gasteiger partial charge in [0.15, 0.2) is 0 Å². The number of aliphatic hydroxyl groups excluding tert-OH is 4. The molecule has 0 spiro atoms. The molecule has 19 rings (SSSR count). The molecule has 32 atom stereocenters. The maximum Gasteiger partial charge on any atom is 0.331 e. The molecule has 19 heteroatoms. The number of carbonyl (C=O) groups excluding carboxylic acids is 3. The second-order valence-electron chi connectivity index (χ2n) is 44.0. The Balaban J connectivity index is 0.000000116. The quantitative estimate of drug-likeness (QED) is 0.0580.